The molecule has 0 saturated heterocycles. The highest BCUT2D eigenvalue weighted by Crippen LogP contribution is 2.41. The summed E-state index contributed by atoms with van der Waals surface area (Å²) in [7, 11) is 11.8. The third kappa shape index (κ3) is 27.3. The van der Waals surface area contributed by atoms with Crippen LogP contribution in [-0.4, -0.2) is 74.9 Å². The highest BCUT2D eigenvalue weighted by molar-refractivity contribution is 5.85. The third-order valence-corrected chi connectivity index (χ3v) is 20.8. The zero-order valence-corrected chi connectivity index (χ0v) is 73.9. The van der Waals surface area contributed by atoms with Crippen LogP contribution in [0.4, 0.5) is 68.2 Å². The lowest BCUT2D eigenvalue weighted by Gasteiger charge is -2.26. The molecule has 0 aliphatic heterocycles. The Morgan fingerprint density at radius 2 is 0.331 bits per heavy atom. The second-order valence-electron chi connectivity index (χ2n) is 29.7. The summed E-state index contributed by atoms with van der Waals surface area (Å²) in [6.07, 6.45) is 2.93. The maximum atomic E-state index is 10.9. The van der Waals surface area contributed by atoms with Gasteiger partial charge in [-0.2, -0.15) is 0 Å². The van der Waals surface area contributed by atoms with E-state index in [-0.39, 0.29) is 30.9 Å². The molecule has 0 N–H and O–H groups in total. The number of aldehydes is 4. The van der Waals surface area contributed by atoms with Gasteiger partial charge in [0.1, 0.15) is 25.1 Å². The van der Waals surface area contributed by atoms with E-state index in [1.807, 2.05) is 126 Å². The van der Waals surface area contributed by atoms with Crippen LogP contribution in [0.2, 0.25) is 0 Å². The Hall–Kier alpha value is -13.3. The van der Waals surface area contributed by atoms with Gasteiger partial charge in [0.05, 0.1) is 18.3 Å². The molecular weight excluding hydrogens is 1540 g/mol. The van der Waals surface area contributed by atoms with Crippen molar-refractivity contribution in [3.63, 3.8) is 0 Å². The first-order valence-corrected chi connectivity index (χ1v) is 41.1. The molecule has 15 nitrogen and oxygen atoms in total. The van der Waals surface area contributed by atoms with Crippen molar-refractivity contribution in [3.8, 4) is 0 Å². The first-order valence-electron chi connectivity index (χ1n) is 41.1. The second-order valence-corrected chi connectivity index (χ2v) is 29.7. The number of hydrogen-bond acceptors (Lipinski definition) is 15. The molecule has 15 heteroatoms. The molecule has 3 atom stereocenters. The van der Waals surface area contributed by atoms with Crippen molar-refractivity contribution in [2.45, 2.75) is 93.2 Å². The lowest BCUT2D eigenvalue weighted by atomic mass is 10.1. The molecule has 636 valence electrons. The minimum absolute atomic E-state index is 0.0659. The molecule has 14 rings (SSSR count). The molecule has 0 amide bonds. The molecule has 0 aliphatic carbocycles. The van der Waals surface area contributed by atoms with Crippen LogP contribution in [0.3, 0.4) is 0 Å². The number of rotatable bonds is 28. The number of carbonyl (C=O) groups is 4. The van der Waals surface area contributed by atoms with Crippen LogP contribution in [0.1, 0.15) is 154 Å². The fraction of sp³-hybridized carbons (Fsp3) is 0.193. The number of anilines is 12. The van der Waals surface area contributed by atoms with Gasteiger partial charge >= 0.3 is 0 Å². The molecule has 124 heavy (non-hydrogen) atoms. The Morgan fingerprint density at radius 3 is 0.484 bits per heavy atom. The predicted octanol–water partition coefficient (Wildman–Crippen LogP) is 27.8. The largest absolute Gasteiger partial charge is 0.377 e. The van der Waals surface area contributed by atoms with E-state index in [0.717, 1.165) is 116 Å². The monoisotopic (exact) mass is 1650 g/mol. The normalized spacial score (nSPS) is 11.3. The number of carbonyl (C=O) groups excluding carboxylic acids is 4. The van der Waals surface area contributed by atoms with Crippen LogP contribution in [-0.2, 0) is 33.2 Å². The molecule has 0 bridgehead atoms. The quantitative estimate of drug-likeness (QED) is 0.0338. The van der Waals surface area contributed by atoms with E-state index in [0.29, 0.717) is 22.3 Å². The first-order chi connectivity index (χ1) is 60.2. The van der Waals surface area contributed by atoms with Gasteiger partial charge < -0.3 is 52.8 Å². The van der Waals surface area contributed by atoms with E-state index in [9.17, 15) is 19.2 Å². The van der Waals surface area contributed by atoms with Crippen LogP contribution >= 0.6 is 0 Å². The van der Waals surface area contributed by atoms with Gasteiger partial charge in [-0.05, 0) is 273 Å². The molecule has 0 fully saturated rings. The summed E-state index contributed by atoms with van der Waals surface area (Å²) in [4.78, 5) is 52.2. The average Bonchev–Trinajstić information content (AvgIpc) is 0.828. The third-order valence-electron chi connectivity index (χ3n) is 20.8. The van der Waals surface area contributed by atoms with E-state index in [1.165, 1.54) is 38.9 Å². The van der Waals surface area contributed by atoms with Crippen LogP contribution < -0.4 is 19.6 Å². The molecule has 14 aromatic rings. The van der Waals surface area contributed by atoms with Crippen molar-refractivity contribution >= 4 is 93.4 Å². The lowest BCUT2D eigenvalue weighted by molar-refractivity contribution is -0.106. The van der Waals surface area contributed by atoms with Gasteiger partial charge in [-0.3, -0.25) is 19.2 Å². The fourth-order valence-electron chi connectivity index (χ4n) is 13.2. The summed E-state index contributed by atoms with van der Waals surface area (Å²) in [6, 6.07) is 115. The number of ether oxygens (including phenoxy) is 7. The Labute approximate surface area is 733 Å². The second kappa shape index (κ2) is 49.0. The molecule has 0 spiro atoms. The van der Waals surface area contributed by atoms with Gasteiger partial charge in [-0.15, -0.1) is 0 Å². The lowest BCUT2D eigenvalue weighted by Crippen LogP contribution is -2.11. The Bertz CT molecular complexity index is 5060. The zero-order chi connectivity index (χ0) is 88.9. The summed E-state index contributed by atoms with van der Waals surface area (Å²) in [5.41, 5.74) is 27.8. The van der Waals surface area contributed by atoms with E-state index >= 15 is 0 Å². The van der Waals surface area contributed by atoms with Crippen molar-refractivity contribution in [3.05, 3.63) is 429 Å². The van der Waals surface area contributed by atoms with Crippen LogP contribution in [0.25, 0.3) is 0 Å². The van der Waals surface area contributed by atoms with Crippen molar-refractivity contribution in [1.82, 2.24) is 0 Å². The summed E-state index contributed by atoms with van der Waals surface area (Å²) in [6.45, 7) is 18.6. The Morgan fingerprint density at radius 1 is 0.185 bits per heavy atom. The van der Waals surface area contributed by atoms with E-state index in [2.05, 4.69) is 254 Å². The van der Waals surface area contributed by atoms with Gasteiger partial charge in [0.15, 0.2) is 12.6 Å². The van der Waals surface area contributed by atoms with Crippen LogP contribution in [0, 0.1) is 41.5 Å². The van der Waals surface area contributed by atoms with Gasteiger partial charge in [-0.1, -0.05) is 185 Å². The number of benzene rings is 14. The summed E-state index contributed by atoms with van der Waals surface area (Å²) >= 11 is 0. The van der Waals surface area contributed by atoms with Gasteiger partial charge in [-0.25, -0.2) is 0 Å². The highest BCUT2D eigenvalue weighted by atomic mass is 16.7. The minimum atomic E-state index is -0.369. The molecule has 0 radical (unpaired) electrons. The van der Waals surface area contributed by atoms with Crippen molar-refractivity contribution in [1.29, 1.82) is 0 Å². The van der Waals surface area contributed by atoms with Gasteiger partial charge in [0.25, 0.3) is 0 Å². The molecular formula is C109H114N4O11. The van der Waals surface area contributed by atoms with E-state index in [1.54, 1.807) is 98.3 Å². The van der Waals surface area contributed by atoms with Crippen LogP contribution in [0.15, 0.2) is 346 Å². The summed E-state index contributed by atoms with van der Waals surface area (Å²) in [5, 5.41) is 0. The number of hydrogen-bond donors (Lipinski definition) is 0. The summed E-state index contributed by atoms with van der Waals surface area (Å²) < 4.78 is 37.5. The zero-order valence-electron chi connectivity index (χ0n) is 73.9. The van der Waals surface area contributed by atoms with Gasteiger partial charge in [0, 0.05) is 151 Å². The topological polar surface area (TPSA) is 146 Å². The molecule has 0 heterocycles. The molecule has 0 saturated carbocycles. The Kier molecular flexibility index (Phi) is 37.3. The van der Waals surface area contributed by atoms with Crippen LogP contribution in [0.5, 0.6) is 0 Å². The van der Waals surface area contributed by atoms with Gasteiger partial charge in [0.2, 0.25) is 0 Å². The number of methoxy groups -OCH3 is 7. The summed E-state index contributed by atoms with van der Waals surface area (Å²) in [5.74, 6) is 0. The van der Waals surface area contributed by atoms with Crippen molar-refractivity contribution in [2.24, 2.45) is 0 Å². The molecule has 14 aromatic carbocycles. The fourth-order valence-corrected chi connectivity index (χ4v) is 13.2. The predicted molar refractivity (Wildman–Crippen MR) is 507 cm³/mol. The maximum Gasteiger partial charge on any atom is 0.183 e. The SMILES string of the molecule is COC(C)c1ccc(C)cc1.COC(C)c1ccc(N(c2ccc(C)cc2)c2ccc(C(OC)OC)cc2)cc1.COC(C)c1ccc(N(c2ccc(C)cc2)c2ccc(C(OC)OC)cc2)cc1.Cc1ccc(N(c2ccc(C=O)cc2)c2ccc(C=O)cc2)cc1.Cc1ccc(N(c2ccc(C=O)cc2)c2ccc(C=O)cc2)cc1.Cc1ccccc1. The standard InChI is InChI=1S/2C25H29NO3.2C21H17NO2.C10H14O.C7H8/c2*1-18-6-12-22(13-7-18)26(23-14-8-20(9-15-23)19(2)27-3)24-16-10-21(11-17-24)25(28-4)29-5;2*1-16-2-8-19(9-3-16)22(20-10-4-17(14-23)5-11-20)21-12-6-18(15-24)7-13-21;1-8-4-6-10(7-5-8)9(2)11-3;1-7-5-3-2-4-6-7/h2*6-17,19,25H,1-5H3;2*2-15H,1H3;4-7,9H,1-3H3;2-6H,1H3. The number of nitrogens with zero attached hydrogens (tertiary/aromatic N) is 4. The maximum absolute atomic E-state index is 10.9. The van der Waals surface area contributed by atoms with Crippen molar-refractivity contribution in [2.75, 3.05) is 69.4 Å². The van der Waals surface area contributed by atoms with E-state index < -0.39 is 0 Å². The smallest absolute Gasteiger partial charge is 0.183 e. The first kappa shape index (κ1) is 94.5. The van der Waals surface area contributed by atoms with E-state index in [4.69, 9.17) is 33.2 Å². The highest BCUT2D eigenvalue weighted by Gasteiger charge is 2.20. The minimum Gasteiger partial charge on any atom is -0.377 e. The average molecular weight is 1660 g/mol. The molecule has 0 aliphatic rings. The number of aryl methyl sites for hydroxylation is 6. The molecule has 3 unspecified atom stereocenters. The Balaban J connectivity index is 0.000000176. The van der Waals surface area contributed by atoms with Crippen molar-refractivity contribution < 1.29 is 52.3 Å². The molecule has 0 aromatic heterocycles.